The predicted molar refractivity (Wildman–Crippen MR) is 92.7 cm³/mol. The van der Waals surface area contributed by atoms with E-state index in [2.05, 4.69) is 44.3 Å². The van der Waals surface area contributed by atoms with E-state index >= 15 is 0 Å². The van der Waals surface area contributed by atoms with Gasteiger partial charge in [0.2, 0.25) is 0 Å². The van der Waals surface area contributed by atoms with Gasteiger partial charge in [0, 0.05) is 22.6 Å². The van der Waals surface area contributed by atoms with Gasteiger partial charge in [-0.25, -0.2) is 4.79 Å². The first-order valence-corrected chi connectivity index (χ1v) is 7.92. The maximum Gasteiger partial charge on any atom is 0.336 e. The van der Waals surface area contributed by atoms with E-state index in [0.717, 1.165) is 29.6 Å². The number of hydrogen-bond donors (Lipinski definition) is 1. The summed E-state index contributed by atoms with van der Waals surface area (Å²) >= 11 is 0. The van der Waals surface area contributed by atoms with Crippen LogP contribution in [0.3, 0.4) is 0 Å². The molecule has 0 saturated carbocycles. The summed E-state index contributed by atoms with van der Waals surface area (Å²) in [6.45, 7) is 5.84. The standard InChI is InChI=1S/C20H21NO2/c1-14-9-18-17(11-20(22)23-19(18)10-15(14)2)13-21(3)12-16-7-5-4-6-8-16/h4-11H,12-13H2,1-3H3/p+1. The average molecular weight is 308 g/mol. The summed E-state index contributed by atoms with van der Waals surface area (Å²) in [5.74, 6) is 0. The third kappa shape index (κ3) is 3.51. The molecule has 118 valence electrons. The van der Waals surface area contributed by atoms with Crippen molar-refractivity contribution in [1.29, 1.82) is 0 Å². The Morgan fingerprint density at radius 3 is 2.39 bits per heavy atom. The summed E-state index contributed by atoms with van der Waals surface area (Å²) in [6, 6.07) is 16.1. The van der Waals surface area contributed by atoms with Gasteiger partial charge in [-0.3, -0.25) is 0 Å². The van der Waals surface area contributed by atoms with Crippen molar-refractivity contribution in [2.75, 3.05) is 7.05 Å². The van der Waals surface area contributed by atoms with E-state index in [-0.39, 0.29) is 5.63 Å². The Balaban J connectivity index is 1.93. The molecule has 1 N–H and O–H groups in total. The highest BCUT2D eigenvalue weighted by molar-refractivity contribution is 5.81. The summed E-state index contributed by atoms with van der Waals surface area (Å²) < 4.78 is 5.37. The second-order valence-corrected chi connectivity index (χ2v) is 6.32. The molecule has 0 bridgehead atoms. The van der Waals surface area contributed by atoms with Crippen LogP contribution in [0.4, 0.5) is 0 Å². The van der Waals surface area contributed by atoms with Crippen LogP contribution >= 0.6 is 0 Å². The zero-order chi connectivity index (χ0) is 16.4. The fourth-order valence-electron chi connectivity index (χ4n) is 2.96. The van der Waals surface area contributed by atoms with Gasteiger partial charge in [0.1, 0.15) is 18.7 Å². The molecule has 2 aromatic carbocycles. The molecule has 3 rings (SSSR count). The van der Waals surface area contributed by atoms with E-state index in [9.17, 15) is 4.79 Å². The monoisotopic (exact) mass is 308 g/mol. The van der Waals surface area contributed by atoms with Crippen molar-refractivity contribution in [3.05, 3.63) is 81.2 Å². The van der Waals surface area contributed by atoms with Crippen LogP contribution in [-0.2, 0) is 13.1 Å². The van der Waals surface area contributed by atoms with Gasteiger partial charge in [-0.05, 0) is 37.1 Å². The summed E-state index contributed by atoms with van der Waals surface area (Å²) in [6.07, 6.45) is 0. The molecule has 0 radical (unpaired) electrons. The van der Waals surface area contributed by atoms with Crippen LogP contribution in [0.15, 0.2) is 57.7 Å². The summed E-state index contributed by atoms with van der Waals surface area (Å²) in [5.41, 5.74) is 5.11. The Morgan fingerprint density at radius 1 is 0.957 bits per heavy atom. The molecule has 0 saturated heterocycles. The first-order valence-electron chi connectivity index (χ1n) is 7.92. The van der Waals surface area contributed by atoms with Crippen molar-refractivity contribution in [3.63, 3.8) is 0 Å². The van der Waals surface area contributed by atoms with Gasteiger partial charge in [-0.1, -0.05) is 30.3 Å². The lowest BCUT2D eigenvalue weighted by molar-refractivity contribution is -0.907. The molecule has 3 aromatic rings. The zero-order valence-corrected chi connectivity index (χ0v) is 13.8. The summed E-state index contributed by atoms with van der Waals surface area (Å²) in [7, 11) is 2.15. The number of rotatable bonds is 4. The minimum absolute atomic E-state index is 0.275. The Hall–Kier alpha value is -2.39. The van der Waals surface area contributed by atoms with Gasteiger partial charge >= 0.3 is 5.63 Å². The Kier molecular flexibility index (Phi) is 4.30. The summed E-state index contributed by atoms with van der Waals surface area (Å²) in [5, 5.41) is 1.04. The number of nitrogens with one attached hydrogen (secondary N) is 1. The topological polar surface area (TPSA) is 34.6 Å². The highest BCUT2D eigenvalue weighted by atomic mass is 16.4. The largest absolute Gasteiger partial charge is 0.423 e. The average Bonchev–Trinajstić information content (AvgIpc) is 2.50. The quantitative estimate of drug-likeness (QED) is 0.752. The highest BCUT2D eigenvalue weighted by Gasteiger charge is 2.12. The molecule has 0 aliphatic rings. The van der Waals surface area contributed by atoms with Crippen molar-refractivity contribution >= 4 is 11.0 Å². The van der Waals surface area contributed by atoms with Crippen LogP contribution in [-0.4, -0.2) is 7.05 Å². The van der Waals surface area contributed by atoms with Gasteiger partial charge in [-0.15, -0.1) is 0 Å². The number of aryl methyl sites for hydroxylation is 2. The predicted octanol–water partition coefficient (Wildman–Crippen LogP) is 2.62. The van der Waals surface area contributed by atoms with Crippen molar-refractivity contribution < 1.29 is 9.32 Å². The SMILES string of the molecule is Cc1cc2oc(=O)cc(C[NH+](C)Cc3ccccc3)c2cc1C. The second kappa shape index (κ2) is 6.39. The molecule has 1 atom stereocenters. The molecule has 1 aromatic heterocycles. The van der Waals surface area contributed by atoms with Crippen molar-refractivity contribution in [3.8, 4) is 0 Å². The van der Waals surface area contributed by atoms with E-state index in [0.29, 0.717) is 5.58 Å². The Bertz CT molecular complexity index is 881. The van der Waals surface area contributed by atoms with E-state index in [1.54, 1.807) is 6.07 Å². The van der Waals surface area contributed by atoms with E-state index in [1.165, 1.54) is 16.0 Å². The molecule has 0 aliphatic heterocycles. The molecule has 3 nitrogen and oxygen atoms in total. The Labute approximate surface area is 136 Å². The smallest absolute Gasteiger partial charge is 0.336 e. The lowest BCUT2D eigenvalue weighted by atomic mass is 10.0. The van der Waals surface area contributed by atoms with Crippen molar-refractivity contribution in [1.82, 2.24) is 0 Å². The van der Waals surface area contributed by atoms with Crippen molar-refractivity contribution in [2.24, 2.45) is 0 Å². The number of quaternary nitrogens is 1. The van der Waals surface area contributed by atoms with Crippen LogP contribution in [0.2, 0.25) is 0 Å². The molecule has 23 heavy (non-hydrogen) atoms. The fourth-order valence-corrected chi connectivity index (χ4v) is 2.96. The number of hydrogen-bond acceptors (Lipinski definition) is 2. The van der Waals surface area contributed by atoms with Gasteiger partial charge in [-0.2, -0.15) is 0 Å². The van der Waals surface area contributed by atoms with Crippen molar-refractivity contribution in [2.45, 2.75) is 26.9 Å². The molecular formula is C20H22NO2+. The lowest BCUT2D eigenvalue weighted by Gasteiger charge is -2.15. The number of benzene rings is 2. The van der Waals surface area contributed by atoms with Gasteiger partial charge < -0.3 is 9.32 Å². The van der Waals surface area contributed by atoms with E-state index in [4.69, 9.17) is 4.42 Å². The normalized spacial score (nSPS) is 12.5. The maximum absolute atomic E-state index is 11.9. The maximum atomic E-state index is 11.9. The van der Waals surface area contributed by atoms with Crippen LogP contribution in [0, 0.1) is 13.8 Å². The van der Waals surface area contributed by atoms with Crippen LogP contribution < -0.4 is 10.5 Å². The minimum atomic E-state index is -0.275. The molecule has 1 heterocycles. The fraction of sp³-hybridized carbons (Fsp3) is 0.250. The first kappa shape index (κ1) is 15.5. The molecule has 1 unspecified atom stereocenters. The van der Waals surface area contributed by atoms with E-state index in [1.807, 2.05) is 19.1 Å². The third-order valence-electron chi connectivity index (χ3n) is 4.29. The molecule has 3 heteroatoms. The summed E-state index contributed by atoms with van der Waals surface area (Å²) in [4.78, 5) is 13.2. The third-order valence-corrected chi connectivity index (χ3v) is 4.29. The minimum Gasteiger partial charge on any atom is -0.423 e. The lowest BCUT2D eigenvalue weighted by Crippen LogP contribution is -3.06. The van der Waals surface area contributed by atoms with Gasteiger partial charge in [0.05, 0.1) is 7.05 Å². The first-order chi connectivity index (χ1) is 11.0. The highest BCUT2D eigenvalue weighted by Crippen LogP contribution is 2.21. The van der Waals surface area contributed by atoms with Gasteiger partial charge in [0.15, 0.2) is 0 Å². The van der Waals surface area contributed by atoms with E-state index < -0.39 is 0 Å². The van der Waals surface area contributed by atoms with Crippen LogP contribution in [0.1, 0.15) is 22.3 Å². The molecule has 0 fully saturated rings. The second-order valence-electron chi connectivity index (χ2n) is 6.32. The molecule has 0 spiro atoms. The van der Waals surface area contributed by atoms with Crippen LogP contribution in [0.5, 0.6) is 0 Å². The number of fused-ring (bicyclic) bond motifs is 1. The van der Waals surface area contributed by atoms with Gasteiger partial charge in [0.25, 0.3) is 0 Å². The Morgan fingerprint density at radius 2 is 1.65 bits per heavy atom. The zero-order valence-electron chi connectivity index (χ0n) is 13.8. The van der Waals surface area contributed by atoms with Crippen LogP contribution in [0.25, 0.3) is 11.0 Å². The molecule has 0 aliphatic carbocycles. The molecular weight excluding hydrogens is 286 g/mol. The molecule has 0 amide bonds.